The quantitative estimate of drug-likeness (QED) is 0.812. The predicted octanol–water partition coefficient (Wildman–Crippen LogP) is 0.316. The average molecular weight is 222 g/mol. The van der Waals surface area contributed by atoms with Crippen LogP contribution in [0.15, 0.2) is 15.9 Å². The molecule has 2 aromatic rings. The molecule has 0 saturated heterocycles. The van der Waals surface area contributed by atoms with Crippen LogP contribution in [-0.4, -0.2) is 19.1 Å². The topological polar surface area (TPSA) is 72.7 Å². The molecule has 86 valence electrons. The van der Waals surface area contributed by atoms with Crippen molar-refractivity contribution in [1.82, 2.24) is 19.1 Å². The molecule has 0 unspecified atom stereocenters. The van der Waals surface area contributed by atoms with Gasteiger partial charge < -0.3 is 4.57 Å². The summed E-state index contributed by atoms with van der Waals surface area (Å²) in [5.74, 6) is 0. The Bertz CT molecular complexity index is 620. The van der Waals surface area contributed by atoms with Gasteiger partial charge in [0.1, 0.15) is 0 Å². The van der Waals surface area contributed by atoms with Crippen molar-refractivity contribution in [3.8, 4) is 0 Å². The van der Waals surface area contributed by atoms with E-state index in [0.717, 1.165) is 13.0 Å². The van der Waals surface area contributed by atoms with Gasteiger partial charge in [0.2, 0.25) is 0 Å². The molecule has 0 fully saturated rings. The van der Waals surface area contributed by atoms with Crippen LogP contribution in [0, 0.1) is 0 Å². The van der Waals surface area contributed by atoms with Gasteiger partial charge in [0.05, 0.1) is 6.33 Å². The summed E-state index contributed by atoms with van der Waals surface area (Å²) in [7, 11) is 0. The minimum Gasteiger partial charge on any atom is -0.325 e. The molecule has 6 nitrogen and oxygen atoms in total. The summed E-state index contributed by atoms with van der Waals surface area (Å²) < 4.78 is 2.95. The summed E-state index contributed by atoms with van der Waals surface area (Å²) in [6, 6.07) is 0. The highest BCUT2D eigenvalue weighted by molar-refractivity contribution is 5.68. The minimum atomic E-state index is -0.401. The van der Waals surface area contributed by atoms with E-state index in [2.05, 4.69) is 9.97 Å². The van der Waals surface area contributed by atoms with Gasteiger partial charge in [-0.15, -0.1) is 0 Å². The number of hydrogen-bond acceptors (Lipinski definition) is 3. The molecule has 1 N–H and O–H groups in total. The summed E-state index contributed by atoms with van der Waals surface area (Å²) >= 11 is 0. The van der Waals surface area contributed by atoms with Gasteiger partial charge in [-0.1, -0.05) is 6.92 Å². The van der Waals surface area contributed by atoms with E-state index < -0.39 is 5.69 Å². The fraction of sp³-hybridized carbons (Fsp3) is 0.500. The molecular formula is C10H14N4O2. The third kappa shape index (κ3) is 1.46. The summed E-state index contributed by atoms with van der Waals surface area (Å²) in [6.45, 7) is 4.88. The maximum Gasteiger partial charge on any atom is 0.330 e. The highest BCUT2D eigenvalue weighted by Gasteiger charge is 2.11. The number of fused-ring (bicyclic) bond motifs is 1. The summed E-state index contributed by atoms with van der Waals surface area (Å²) in [4.78, 5) is 30.2. The number of aromatic nitrogens is 4. The Labute approximate surface area is 91.5 Å². The van der Waals surface area contributed by atoms with E-state index in [1.807, 2.05) is 6.92 Å². The van der Waals surface area contributed by atoms with Crippen LogP contribution in [0.2, 0.25) is 0 Å². The maximum atomic E-state index is 12.0. The van der Waals surface area contributed by atoms with Crippen molar-refractivity contribution in [3.63, 3.8) is 0 Å². The van der Waals surface area contributed by atoms with Gasteiger partial charge in [0, 0.05) is 13.1 Å². The van der Waals surface area contributed by atoms with Crippen molar-refractivity contribution < 1.29 is 0 Å². The fourth-order valence-corrected chi connectivity index (χ4v) is 1.78. The van der Waals surface area contributed by atoms with Crippen LogP contribution in [0.1, 0.15) is 20.3 Å². The summed E-state index contributed by atoms with van der Waals surface area (Å²) in [5, 5.41) is 0. The monoisotopic (exact) mass is 222 g/mol. The van der Waals surface area contributed by atoms with Crippen LogP contribution in [0.4, 0.5) is 0 Å². The summed E-state index contributed by atoms with van der Waals surface area (Å²) in [5.41, 5.74) is 0.172. The largest absolute Gasteiger partial charge is 0.330 e. The van der Waals surface area contributed by atoms with Gasteiger partial charge in [-0.2, -0.15) is 0 Å². The lowest BCUT2D eigenvalue weighted by molar-refractivity contribution is 0.661. The maximum absolute atomic E-state index is 12.0. The van der Waals surface area contributed by atoms with Gasteiger partial charge >= 0.3 is 5.69 Å². The second-order valence-electron chi connectivity index (χ2n) is 3.61. The average Bonchev–Trinajstić information content (AvgIpc) is 2.62. The molecule has 16 heavy (non-hydrogen) atoms. The van der Waals surface area contributed by atoms with Crippen LogP contribution in [0.5, 0.6) is 0 Å². The Morgan fingerprint density at radius 1 is 1.38 bits per heavy atom. The molecule has 0 saturated carbocycles. The highest BCUT2D eigenvalue weighted by Crippen LogP contribution is 2.03. The van der Waals surface area contributed by atoms with Gasteiger partial charge in [0.25, 0.3) is 5.56 Å². The lowest BCUT2D eigenvalue weighted by Gasteiger charge is -2.03. The van der Waals surface area contributed by atoms with Crippen molar-refractivity contribution in [2.75, 3.05) is 0 Å². The van der Waals surface area contributed by atoms with Crippen molar-refractivity contribution in [2.45, 2.75) is 33.4 Å². The van der Waals surface area contributed by atoms with E-state index in [-0.39, 0.29) is 5.56 Å². The zero-order chi connectivity index (χ0) is 11.7. The lowest BCUT2D eigenvalue weighted by Crippen LogP contribution is -2.35. The smallest absolute Gasteiger partial charge is 0.325 e. The molecule has 0 radical (unpaired) electrons. The molecule has 0 aromatic carbocycles. The molecule has 0 amide bonds. The molecule has 2 heterocycles. The Balaban J connectivity index is 2.83. The number of rotatable bonds is 3. The second-order valence-corrected chi connectivity index (χ2v) is 3.61. The van der Waals surface area contributed by atoms with Gasteiger partial charge in [-0.05, 0) is 13.3 Å². The van der Waals surface area contributed by atoms with Crippen molar-refractivity contribution >= 4 is 11.2 Å². The highest BCUT2D eigenvalue weighted by atomic mass is 16.2. The molecule has 2 rings (SSSR count). The number of aryl methyl sites for hydroxylation is 1. The molecule has 2 aromatic heterocycles. The molecule has 0 atom stereocenters. The van der Waals surface area contributed by atoms with E-state index in [1.165, 1.54) is 4.57 Å². The van der Waals surface area contributed by atoms with Gasteiger partial charge in [-0.3, -0.25) is 14.3 Å². The Morgan fingerprint density at radius 2 is 2.12 bits per heavy atom. The van der Waals surface area contributed by atoms with Crippen LogP contribution >= 0.6 is 0 Å². The van der Waals surface area contributed by atoms with Crippen LogP contribution in [0.3, 0.4) is 0 Å². The predicted molar refractivity (Wildman–Crippen MR) is 60.6 cm³/mol. The van der Waals surface area contributed by atoms with Crippen LogP contribution in [0.25, 0.3) is 11.2 Å². The number of nitrogens with one attached hydrogen (secondary N) is 1. The normalized spacial score (nSPS) is 11.1. The van der Waals surface area contributed by atoms with Gasteiger partial charge in [0.15, 0.2) is 11.2 Å². The van der Waals surface area contributed by atoms with Crippen LogP contribution in [-0.2, 0) is 13.1 Å². The Morgan fingerprint density at radius 3 is 2.75 bits per heavy atom. The second kappa shape index (κ2) is 3.96. The van der Waals surface area contributed by atoms with Crippen LogP contribution < -0.4 is 11.2 Å². The first-order chi connectivity index (χ1) is 7.69. The Kier molecular flexibility index (Phi) is 2.64. The first-order valence-corrected chi connectivity index (χ1v) is 5.37. The number of H-pyrrole nitrogens is 1. The van der Waals surface area contributed by atoms with E-state index in [0.29, 0.717) is 17.7 Å². The minimum absolute atomic E-state index is 0.271. The zero-order valence-corrected chi connectivity index (χ0v) is 9.36. The first-order valence-electron chi connectivity index (χ1n) is 5.37. The van der Waals surface area contributed by atoms with E-state index >= 15 is 0 Å². The van der Waals surface area contributed by atoms with Crippen molar-refractivity contribution in [3.05, 3.63) is 27.2 Å². The molecule has 0 aliphatic heterocycles. The third-order valence-corrected chi connectivity index (χ3v) is 2.54. The number of imidazole rings is 1. The zero-order valence-electron chi connectivity index (χ0n) is 9.36. The van der Waals surface area contributed by atoms with Gasteiger partial charge in [-0.25, -0.2) is 9.78 Å². The molecule has 6 heteroatoms. The van der Waals surface area contributed by atoms with Crippen molar-refractivity contribution in [1.29, 1.82) is 0 Å². The fourth-order valence-electron chi connectivity index (χ4n) is 1.78. The molecule has 0 bridgehead atoms. The summed E-state index contributed by atoms with van der Waals surface area (Å²) in [6.07, 6.45) is 2.50. The molecule has 0 aliphatic carbocycles. The number of nitrogens with zero attached hydrogens (tertiary/aromatic N) is 3. The Hall–Kier alpha value is -1.85. The first kappa shape index (κ1) is 10.7. The SMILES string of the molecule is CCCn1cnc2[nH]c(=O)n(CC)c(=O)c21. The lowest BCUT2D eigenvalue weighted by atomic mass is 10.4. The molecule has 0 aliphatic rings. The van der Waals surface area contributed by atoms with E-state index in [4.69, 9.17) is 0 Å². The molecule has 0 spiro atoms. The standard InChI is InChI=1S/C10H14N4O2/c1-3-5-13-6-11-8-7(13)9(15)14(4-2)10(16)12-8/h6H,3-5H2,1-2H3,(H,12,16). The van der Waals surface area contributed by atoms with Crippen molar-refractivity contribution in [2.24, 2.45) is 0 Å². The number of hydrogen-bond donors (Lipinski definition) is 1. The molecular weight excluding hydrogens is 208 g/mol. The van der Waals surface area contributed by atoms with E-state index in [9.17, 15) is 9.59 Å². The van der Waals surface area contributed by atoms with E-state index in [1.54, 1.807) is 17.8 Å². The third-order valence-electron chi connectivity index (χ3n) is 2.54. The number of aromatic amines is 1.